The van der Waals surface area contributed by atoms with Crippen molar-refractivity contribution in [2.75, 3.05) is 20.2 Å². The molecule has 0 spiro atoms. The third-order valence-electron chi connectivity index (χ3n) is 5.06. The van der Waals surface area contributed by atoms with Gasteiger partial charge in [-0.3, -0.25) is 4.90 Å². The van der Waals surface area contributed by atoms with E-state index >= 15 is 0 Å². The fourth-order valence-corrected chi connectivity index (χ4v) is 5.23. The van der Waals surface area contributed by atoms with Crippen LogP contribution in [0.3, 0.4) is 0 Å². The average molecular weight is 372 g/mol. The Kier molecular flexibility index (Phi) is 4.58. The fraction of sp³-hybridized carbons (Fsp3) is 0.474. The molecule has 3 aromatic rings. The smallest absolute Gasteiger partial charge is 0.230 e. The molecule has 0 aliphatic carbocycles. The number of likely N-dealkylation sites (tertiary alicyclic amines) is 1. The van der Waals surface area contributed by atoms with E-state index in [9.17, 15) is 5.11 Å². The molecule has 3 heterocycles. The molecule has 1 aliphatic rings. The van der Waals surface area contributed by atoms with Gasteiger partial charge in [0.05, 0.1) is 18.0 Å². The second kappa shape index (κ2) is 6.89. The zero-order valence-electron chi connectivity index (χ0n) is 15.3. The van der Waals surface area contributed by atoms with Crippen LogP contribution in [0.5, 0.6) is 11.6 Å². The number of aromatic nitrogens is 3. The number of ether oxygens (including phenoxy) is 1. The van der Waals surface area contributed by atoms with Gasteiger partial charge in [-0.1, -0.05) is 37.3 Å². The minimum Gasteiger partial charge on any atom is -0.497 e. The first kappa shape index (κ1) is 17.3. The minimum absolute atomic E-state index is 0.0381. The fourth-order valence-electron chi connectivity index (χ4n) is 4.13. The molecule has 26 heavy (non-hydrogen) atoms. The lowest BCUT2D eigenvalue weighted by Crippen LogP contribution is -2.41. The first-order valence-corrected chi connectivity index (χ1v) is 9.78. The Labute approximate surface area is 157 Å². The number of aromatic hydroxyl groups is 1. The summed E-state index contributed by atoms with van der Waals surface area (Å²) < 4.78 is 6.95. The lowest BCUT2D eigenvalue weighted by molar-refractivity contribution is 0.111. The Balaban J connectivity index is 1.83. The molecule has 0 radical (unpaired) electrons. The molecule has 4 rings (SSSR count). The lowest BCUT2D eigenvalue weighted by atomic mass is 9.89. The number of thiazole rings is 1. The van der Waals surface area contributed by atoms with Crippen LogP contribution in [0.4, 0.5) is 0 Å². The second-order valence-electron chi connectivity index (χ2n) is 7.32. The zero-order chi connectivity index (χ0) is 18.3. The number of fused-ring (bicyclic) bond motifs is 1. The van der Waals surface area contributed by atoms with Crippen molar-refractivity contribution in [3.05, 3.63) is 41.0 Å². The molecule has 0 bridgehead atoms. The van der Waals surface area contributed by atoms with Crippen molar-refractivity contribution in [1.82, 2.24) is 19.5 Å². The molecule has 1 saturated heterocycles. The van der Waals surface area contributed by atoms with Crippen LogP contribution in [0.1, 0.15) is 36.8 Å². The summed E-state index contributed by atoms with van der Waals surface area (Å²) in [7, 11) is 1.68. The van der Waals surface area contributed by atoms with Gasteiger partial charge in [0.25, 0.3) is 0 Å². The van der Waals surface area contributed by atoms with Crippen molar-refractivity contribution >= 4 is 16.3 Å². The second-order valence-corrected chi connectivity index (χ2v) is 8.33. The largest absolute Gasteiger partial charge is 0.497 e. The molecule has 2 aromatic heterocycles. The average Bonchev–Trinajstić information content (AvgIpc) is 3.19. The predicted molar refractivity (Wildman–Crippen MR) is 102 cm³/mol. The summed E-state index contributed by atoms with van der Waals surface area (Å²) in [6, 6.07) is 8.08. The van der Waals surface area contributed by atoms with E-state index in [1.165, 1.54) is 28.6 Å². The Bertz CT molecular complexity index is 896. The topological polar surface area (TPSA) is 62.9 Å². The summed E-state index contributed by atoms with van der Waals surface area (Å²) in [5.74, 6) is 2.25. The maximum Gasteiger partial charge on any atom is 0.230 e. The molecule has 0 amide bonds. The number of hydrogen-bond acceptors (Lipinski definition) is 6. The van der Waals surface area contributed by atoms with Crippen LogP contribution >= 0.6 is 11.3 Å². The summed E-state index contributed by atoms with van der Waals surface area (Å²) in [5, 5.41) is 15.0. The van der Waals surface area contributed by atoms with E-state index in [1.807, 2.05) is 12.1 Å². The summed E-state index contributed by atoms with van der Waals surface area (Å²) in [6.45, 7) is 6.60. The summed E-state index contributed by atoms with van der Waals surface area (Å²) in [4.78, 5) is 8.32. The first-order valence-electron chi connectivity index (χ1n) is 8.96. The van der Waals surface area contributed by atoms with Gasteiger partial charge in [0.1, 0.15) is 12.1 Å². The van der Waals surface area contributed by atoms with E-state index < -0.39 is 0 Å². The van der Waals surface area contributed by atoms with Gasteiger partial charge in [-0.15, -0.1) is 0 Å². The molecule has 0 saturated carbocycles. The molecule has 7 heteroatoms. The number of methoxy groups -OCH3 is 1. The molecule has 1 N–H and O–H groups in total. The third-order valence-corrected chi connectivity index (χ3v) is 6.15. The summed E-state index contributed by atoms with van der Waals surface area (Å²) in [6.07, 6.45) is 2.71. The van der Waals surface area contributed by atoms with Gasteiger partial charge in [0.15, 0.2) is 0 Å². The Morgan fingerprint density at radius 2 is 2.04 bits per heavy atom. The highest BCUT2D eigenvalue weighted by molar-refractivity contribution is 7.17. The number of nitrogens with zero attached hydrogens (tertiary/aromatic N) is 4. The number of benzene rings is 1. The van der Waals surface area contributed by atoms with Gasteiger partial charge < -0.3 is 9.84 Å². The Morgan fingerprint density at radius 1 is 1.27 bits per heavy atom. The van der Waals surface area contributed by atoms with E-state index in [0.29, 0.717) is 16.8 Å². The highest BCUT2D eigenvalue weighted by atomic mass is 32.1. The molecular weight excluding hydrogens is 348 g/mol. The number of piperidine rings is 1. The van der Waals surface area contributed by atoms with E-state index in [2.05, 4.69) is 41.0 Å². The highest BCUT2D eigenvalue weighted by Gasteiger charge is 2.33. The Morgan fingerprint density at radius 3 is 2.73 bits per heavy atom. The van der Waals surface area contributed by atoms with E-state index in [4.69, 9.17) is 4.74 Å². The van der Waals surface area contributed by atoms with Crippen LogP contribution in [-0.2, 0) is 0 Å². The van der Waals surface area contributed by atoms with Crippen LogP contribution < -0.4 is 4.74 Å². The maximum absolute atomic E-state index is 10.8. The van der Waals surface area contributed by atoms with Crippen molar-refractivity contribution in [1.29, 1.82) is 0 Å². The minimum atomic E-state index is -0.0381. The van der Waals surface area contributed by atoms with Crippen molar-refractivity contribution in [2.24, 2.45) is 11.8 Å². The Hall–Kier alpha value is -2.12. The molecule has 1 aliphatic heterocycles. The van der Waals surface area contributed by atoms with Gasteiger partial charge in [-0.2, -0.15) is 9.61 Å². The van der Waals surface area contributed by atoms with Crippen LogP contribution in [0.25, 0.3) is 4.96 Å². The molecular formula is C19H24N4O2S. The first-order chi connectivity index (χ1) is 12.6. The van der Waals surface area contributed by atoms with Crippen LogP contribution in [0.15, 0.2) is 30.6 Å². The van der Waals surface area contributed by atoms with Gasteiger partial charge in [0, 0.05) is 13.1 Å². The SMILES string of the molecule is COc1cccc([C@H](c2sc3ncnn3c2O)N2C[C@H](C)C[C@H](C)C2)c1. The monoisotopic (exact) mass is 372 g/mol. The van der Waals surface area contributed by atoms with E-state index in [0.717, 1.165) is 29.3 Å². The van der Waals surface area contributed by atoms with Crippen molar-refractivity contribution in [2.45, 2.75) is 26.3 Å². The van der Waals surface area contributed by atoms with Crippen LogP contribution in [-0.4, -0.2) is 44.8 Å². The van der Waals surface area contributed by atoms with Gasteiger partial charge in [-0.05, 0) is 36.0 Å². The zero-order valence-corrected chi connectivity index (χ0v) is 16.1. The predicted octanol–water partition coefficient (Wildman–Crippen LogP) is 3.57. The standard InChI is InChI=1S/C19H24N4O2S/c1-12-7-13(2)10-22(9-12)16(14-5-4-6-15(8-14)25-3)17-18(24)23-19(26-17)20-11-21-23/h4-6,8,11-13,16,24H,7,9-10H2,1-3H3/t12-,13+,16-/m1/s1. The van der Waals surface area contributed by atoms with Gasteiger partial charge in [0.2, 0.25) is 10.8 Å². The molecule has 6 nitrogen and oxygen atoms in total. The van der Waals surface area contributed by atoms with Gasteiger partial charge >= 0.3 is 0 Å². The molecule has 0 unspecified atom stereocenters. The lowest BCUT2D eigenvalue weighted by Gasteiger charge is -2.40. The van der Waals surface area contributed by atoms with Crippen molar-refractivity contribution < 1.29 is 9.84 Å². The van der Waals surface area contributed by atoms with E-state index in [1.54, 1.807) is 7.11 Å². The van der Waals surface area contributed by atoms with E-state index in [-0.39, 0.29) is 11.9 Å². The van der Waals surface area contributed by atoms with Crippen LogP contribution in [0.2, 0.25) is 0 Å². The number of hydrogen-bond donors (Lipinski definition) is 1. The van der Waals surface area contributed by atoms with Crippen LogP contribution in [0, 0.1) is 11.8 Å². The molecule has 3 atom stereocenters. The quantitative estimate of drug-likeness (QED) is 0.758. The summed E-state index contributed by atoms with van der Waals surface area (Å²) in [5.41, 5.74) is 1.12. The summed E-state index contributed by atoms with van der Waals surface area (Å²) >= 11 is 1.50. The highest BCUT2D eigenvalue weighted by Crippen LogP contribution is 2.42. The van der Waals surface area contributed by atoms with Crippen molar-refractivity contribution in [3.8, 4) is 11.6 Å². The molecule has 1 aromatic carbocycles. The third kappa shape index (κ3) is 3.05. The normalized spacial score (nSPS) is 22.6. The van der Waals surface area contributed by atoms with Crippen molar-refractivity contribution in [3.63, 3.8) is 0 Å². The molecule has 1 fully saturated rings. The molecule has 138 valence electrons. The number of rotatable bonds is 4. The van der Waals surface area contributed by atoms with Gasteiger partial charge in [-0.25, -0.2) is 4.98 Å². The maximum atomic E-state index is 10.8.